The third kappa shape index (κ3) is 3.53. The van der Waals surface area contributed by atoms with Crippen LogP contribution in [0, 0.1) is 23.2 Å². The molecule has 3 atom stereocenters. The van der Waals surface area contributed by atoms with Crippen molar-refractivity contribution in [2.24, 2.45) is 11.8 Å². The van der Waals surface area contributed by atoms with Gasteiger partial charge in [0.2, 0.25) is 0 Å². The highest BCUT2D eigenvalue weighted by Crippen LogP contribution is 2.29. The van der Waals surface area contributed by atoms with Gasteiger partial charge in [0.05, 0.1) is 12.1 Å². The van der Waals surface area contributed by atoms with E-state index in [2.05, 4.69) is 37.9 Å². The van der Waals surface area contributed by atoms with Gasteiger partial charge in [-0.15, -0.1) is 6.58 Å². The second kappa shape index (κ2) is 5.72. The van der Waals surface area contributed by atoms with Crippen LogP contribution >= 0.6 is 0 Å². The molecule has 0 spiro atoms. The Bertz CT molecular complexity index is 285. The Hall–Kier alpha value is -1.07. The lowest BCUT2D eigenvalue weighted by Gasteiger charge is -2.29. The molecule has 1 rings (SSSR count). The van der Waals surface area contributed by atoms with E-state index in [-0.39, 0.29) is 6.04 Å². The molecule has 1 aliphatic rings. The summed E-state index contributed by atoms with van der Waals surface area (Å²) in [5.74, 6) is 1.06. The second-order valence-corrected chi connectivity index (χ2v) is 4.49. The maximum Gasteiger partial charge on any atom is 0.0987 e. The first-order chi connectivity index (χ1) is 7.17. The van der Waals surface area contributed by atoms with Crippen molar-refractivity contribution in [1.82, 2.24) is 5.32 Å². The van der Waals surface area contributed by atoms with Crippen LogP contribution in [0.2, 0.25) is 0 Å². The minimum absolute atomic E-state index is 0.0332. The van der Waals surface area contributed by atoms with Crippen molar-refractivity contribution in [1.29, 1.82) is 5.26 Å². The minimum atomic E-state index is -0.0332. The van der Waals surface area contributed by atoms with Crippen molar-refractivity contribution < 1.29 is 0 Å². The molecule has 0 radical (unpaired) electrons. The van der Waals surface area contributed by atoms with Gasteiger partial charge in [0.1, 0.15) is 0 Å². The molecule has 0 amide bonds. The molecule has 2 nitrogen and oxygen atoms in total. The maximum atomic E-state index is 9.11. The minimum Gasteiger partial charge on any atom is -0.298 e. The topological polar surface area (TPSA) is 35.8 Å². The molecule has 1 aliphatic carbocycles. The van der Waals surface area contributed by atoms with E-state index in [0.717, 1.165) is 12.8 Å². The van der Waals surface area contributed by atoms with Crippen LogP contribution in [0.25, 0.3) is 0 Å². The Morgan fingerprint density at radius 3 is 3.07 bits per heavy atom. The fraction of sp³-hybridized carbons (Fsp3) is 0.615. The normalized spacial score (nSPS) is 27.7. The van der Waals surface area contributed by atoms with Gasteiger partial charge < -0.3 is 0 Å². The van der Waals surface area contributed by atoms with E-state index in [0.29, 0.717) is 18.4 Å². The van der Waals surface area contributed by atoms with Gasteiger partial charge in [0, 0.05) is 6.54 Å². The number of hydrogen-bond donors (Lipinski definition) is 1. The lowest BCUT2D eigenvalue weighted by atomic mass is 9.80. The van der Waals surface area contributed by atoms with Crippen molar-refractivity contribution in [2.75, 3.05) is 6.54 Å². The molecule has 3 unspecified atom stereocenters. The summed E-state index contributed by atoms with van der Waals surface area (Å²) in [6.45, 7) is 8.75. The average Bonchev–Trinajstić information content (AvgIpc) is 2.17. The molecule has 0 aromatic rings. The van der Waals surface area contributed by atoms with Gasteiger partial charge in [-0.1, -0.05) is 24.6 Å². The highest BCUT2D eigenvalue weighted by molar-refractivity contribution is 5.10. The van der Waals surface area contributed by atoms with Gasteiger partial charge in [-0.2, -0.15) is 5.26 Å². The quantitative estimate of drug-likeness (QED) is 0.715. The van der Waals surface area contributed by atoms with E-state index < -0.39 is 0 Å². The Labute approximate surface area is 92.7 Å². The Morgan fingerprint density at radius 1 is 1.80 bits per heavy atom. The first-order valence-electron chi connectivity index (χ1n) is 5.58. The van der Waals surface area contributed by atoms with Gasteiger partial charge in [-0.3, -0.25) is 5.32 Å². The molecule has 1 N–H and O–H groups in total. The molecule has 0 saturated carbocycles. The predicted molar refractivity (Wildman–Crippen MR) is 63.2 cm³/mol. The van der Waals surface area contributed by atoms with Crippen molar-refractivity contribution in [3.05, 3.63) is 24.3 Å². The van der Waals surface area contributed by atoms with Crippen LogP contribution in [-0.2, 0) is 0 Å². The zero-order valence-corrected chi connectivity index (χ0v) is 9.66. The first kappa shape index (κ1) is 12.0. The third-order valence-electron chi connectivity index (χ3n) is 2.92. The Kier molecular flexibility index (Phi) is 4.58. The fourth-order valence-corrected chi connectivity index (χ4v) is 2.38. The SMILES string of the molecule is C=CCNC(C#N)C1CC(C)=CC(C)C1. The number of rotatable bonds is 4. The molecule has 0 fully saturated rings. The van der Waals surface area contributed by atoms with Crippen LogP contribution in [0.5, 0.6) is 0 Å². The van der Waals surface area contributed by atoms with Crippen LogP contribution in [0.3, 0.4) is 0 Å². The largest absolute Gasteiger partial charge is 0.298 e. The summed E-state index contributed by atoms with van der Waals surface area (Å²) in [6, 6.07) is 2.33. The molecule has 0 aromatic heterocycles. The van der Waals surface area contributed by atoms with E-state index in [9.17, 15) is 0 Å². The summed E-state index contributed by atoms with van der Waals surface area (Å²) >= 11 is 0. The summed E-state index contributed by atoms with van der Waals surface area (Å²) in [5.41, 5.74) is 1.42. The number of allylic oxidation sites excluding steroid dienone is 2. The van der Waals surface area contributed by atoms with E-state index in [4.69, 9.17) is 5.26 Å². The van der Waals surface area contributed by atoms with Crippen LogP contribution < -0.4 is 5.32 Å². The van der Waals surface area contributed by atoms with E-state index in [1.165, 1.54) is 5.57 Å². The molecular formula is C13H20N2. The van der Waals surface area contributed by atoms with Crippen LogP contribution in [0.15, 0.2) is 24.3 Å². The smallest absolute Gasteiger partial charge is 0.0987 e. The first-order valence-corrected chi connectivity index (χ1v) is 5.58. The number of nitriles is 1. The molecule has 15 heavy (non-hydrogen) atoms. The molecule has 2 heteroatoms. The van der Waals surface area contributed by atoms with Gasteiger partial charge >= 0.3 is 0 Å². The van der Waals surface area contributed by atoms with Crippen molar-refractivity contribution in [3.63, 3.8) is 0 Å². The molecule has 0 saturated heterocycles. The average molecular weight is 204 g/mol. The fourth-order valence-electron chi connectivity index (χ4n) is 2.38. The molecule has 0 heterocycles. The third-order valence-corrected chi connectivity index (χ3v) is 2.92. The predicted octanol–water partition coefficient (Wildman–Crippen LogP) is 2.65. The monoisotopic (exact) mass is 204 g/mol. The Balaban J connectivity index is 2.58. The molecular weight excluding hydrogens is 184 g/mol. The zero-order valence-electron chi connectivity index (χ0n) is 9.66. The number of nitrogens with one attached hydrogen (secondary N) is 1. The van der Waals surface area contributed by atoms with E-state index in [1.807, 2.05) is 0 Å². The summed E-state index contributed by atoms with van der Waals surface area (Å²) in [4.78, 5) is 0. The van der Waals surface area contributed by atoms with Crippen molar-refractivity contribution in [2.45, 2.75) is 32.7 Å². The lowest BCUT2D eigenvalue weighted by Crippen LogP contribution is -2.37. The highest BCUT2D eigenvalue weighted by atomic mass is 14.9. The summed E-state index contributed by atoms with van der Waals surface area (Å²) in [5, 5.41) is 12.3. The van der Waals surface area contributed by atoms with E-state index in [1.54, 1.807) is 6.08 Å². The Morgan fingerprint density at radius 2 is 2.53 bits per heavy atom. The molecule has 0 bridgehead atoms. The van der Waals surface area contributed by atoms with Crippen LogP contribution in [-0.4, -0.2) is 12.6 Å². The van der Waals surface area contributed by atoms with Gasteiger partial charge in [-0.05, 0) is 31.6 Å². The van der Waals surface area contributed by atoms with Crippen LogP contribution in [0.4, 0.5) is 0 Å². The molecule has 82 valence electrons. The lowest BCUT2D eigenvalue weighted by molar-refractivity contribution is 0.344. The second-order valence-electron chi connectivity index (χ2n) is 4.49. The highest BCUT2D eigenvalue weighted by Gasteiger charge is 2.25. The summed E-state index contributed by atoms with van der Waals surface area (Å²) in [6.07, 6.45) is 6.28. The van der Waals surface area contributed by atoms with Gasteiger partial charge in [0.25, 0.3) is 0 Å². The maximum absolute atomic E-state index is 9.11. The van der Waals surface area contributed by atoms with Gasteiger partial charge in [-0.25, -0.2) is 0 Å². The number of nitrogens with zero attached hydrogens (tertiary/aromatic N) is 1. The zero-order chi connectivity index (χ0) is 11.3. The molecule has 0 aromatic carbocycles. The van der Waals surface area contributed by atoms with Crippen molar-refractivity contribution in [3.8, 4) is 6.07 Å². The van der Waals surface area contributed by atoms with Crippen LogP contribution in [0.1, 0.15) is 26.7 Å². The standard InChI is InChI=1S/C13H20N2/c1-4-5-15-13(9-14)12-7-10(2)6-11(3)8-12/h4,6,10,12-13,15H,1,5,7-8H2,2-3H3. The number of hydrogen-bond acceptors (Lipinski definition) is 2. The van der Waals surface area contributed by atoms with Crippen molar-refractivity contribution >= 4 is 0 Å². The van der Waals surface area contributed by atoms with E-state index >= 15 is 0 Å². The van der Waals surface area contributed by atoms with Gasteiger partial charge in [0.15, 0.2) is 0 Å². The summed E-state index contributed by atoms with van der Waals surface area (Å²) in [7, 11) is 0. The molecule has 0 aliphatic heterocycles. The summed E-state index contributed by atoms with van der Waals surface area (Å²) < 4.78 is 0.